The van der Waals surface area contributed by atoms with Crippen molar-refractivity contribution in [2.45, 2.75) is 48.3 Å². The van der Waals surface area contributed by atoms with E-state index in [0.717, 1.165) is 10.7 Å². The Morgan fingerprint density at radius 3 is 2.82 bits per heavy atom. The van der Waals surface area contributed by atoms with Crippen molar-refractivity contribution in [3.05, 3.63) is 41.9 Å². The van der Waals surface area contributed by atoms with E-state index in [9.17, 15) is 18.0 Å². The van der Waals surface area contributed by atoms with Crippen LogP contribution in [0.2, 0.25) is 0 Å². The lowest BCUT2D eigenvalue weighted by Gasteiger charge is -2.10. The fraction of sp³-hybridized carbons (Fsp3) is 0.368. The molecule has 150 valence electrons. The summed E-state index contributed by atoms with van der Waals surface area (Å²) < 4.78 is 30.6. The number of sulfone groups is 1. The molecule has 3 rings (SSSR count). The maximum absolute atomic E-state index is 12.6. The maximum atomic E-state index is 12.6. The lowest BCUT2D eigenvalue weighted by Crippen LogP contribution is -2.25. The van der Waals surface area contributed by atoms with Crippen LogP contribution < -0.4 is 10.6 Å². The topological polar surface area (TPSA) is 105 Å². The number of thioether (sulfide) groups is 1. The number of amides is 2. The average molecular weight is 423 g/mol. The zero-order chi connectivity index (χ0) is 20.3. The molecule has 1 aromatic heterocycles. The molecule has 1 aliphatic rings. The second-order valence-electron chi connectivity index (χ2n) is 6.70. The number of benzene rings is 1. The number of hydrogen-bond donors (Lipinski definition) is 2. The van der Waals surface area contributed by atoms with E-state index in [2.05, 4.69) is 10.6 Å². The van der Waals surface area contributed by atoms with E-state index in [4.69, 9.17) is 4.42 Å². The minimum absolute atomic E-state index is 0.0937. The van der Waals surface area contributed by atoms with Gasteiger partial charge in [-0.05, 0) is 37.3 Å². The molecule has 1 aliphatic heterocycles. The summed E-state index contributed by atoms with van der Waals surface area (Å²) in [6.45, 7) is 3.97. The Labute approximate surface area is 168 Å². The van der Waals surface area contributed by atoms with Gasteiger partial charge in [-0.3, -0.25) is 9.59 Å². The van der Waals surface area contributed by atoms with Crippen LogP contribution in [0.3, 0.4) is 0 Å². The molecule has 0 bridgehead atoms. The molecule has 0 aliphatic carbocycles. The van der Waals surface area contributed by atoms with Crippen molar-refractivity contribution in [1.29, 1.82) is 0 Å². The van der Waals surface area contributed by atoms with Gasteiger partial charge in [-0.15, -0.1) is 11.8 Å². The number of hydrogen-bond acceptors (Lipinski definition) is 6. The standard InChI is InChI=1S/C19H22N2O5S2/c1-12-3-4-14(26-12)11-20-18(22)7-8-28(24,25)15-5-6-17-16(10-15)21-19(23)9-13(2)27-17/h3-6,10,13H,7-9,11H2,1-2H3,(H,20,22)(H,21,23). The Morgan fingerprint density at radius 2 is 2.11 bits per heavy atom. The van der Waals surface area contributed by atoms with Crippen LogP contribution in [-0.4, -0.2) is 31.2 Å². The van der Waals surface area contributed by atoms with Gasteiger partial charge in [0.05, 0.1) is 22.9 Å². The van der Waals surface area contributed by atoms with Crippen molar-refractivity contribution in [1.82, 2.24) is 5.32 Å². The van der Waals surface area contributed by atoms with Crippen LogP contribution >= 0.6 is 11.8 Å². The molecular weight excluding hydrogens is 400 g/mol. The van der Waals surface area contributed by atoms with Crippen molar-refractivity contribution < 1.29 is 22.4 Å². The molecule has 28 heavy (non-hydrogen) atoms. The van der Waals surface area contributed by atoms with Crippen molar-refractivity contribution in [2.75, 3.05) is 11.1 Å². The monoisotopic (exact) mass is 422 g/mol. The molecule has 0 fully saturated rings. The number of aryl methyl sites for hydroxylation is 1. The smallest absolute Gasteiger partial charge is 0.225 e. The summed E-state index contributed by atoms with van der Waals surface area (Å²) in [6, 6.07) is 8.25. The predicted molar refractivity (Wildman–Crippen MR) is 107 cm³/mol. The van der Waals surface area contributed by atoms with Crippen LogP contribution in [-0.2, 0) is 26.0 Å². The molecule has 2 amide bonds. The summed E-state index contributed by atoms with van der Waals surface area (Å²) in [7, 11) is -3.66. The zero-order valence-corrected chi connectivity index (χ0v) is 17.3. The average Bonchev–Trinajstić information content (AvgIpc) is 2.98. The predicted octanol–water partition coefficient (Wildman–Crippen LogP) is 2.89. The minimum atomic E-state index is -3.66. The summed E-state index contributed by atoms with van der Waals surface area (Å²) in [6.07, 6.45) is 0.216. The third-order valence-electron chi connectivity index (χ3n) is 4.24. The highest BCUT2D eigenvalue weighted by molar-refractivity contribution is 8.00. The third kappa shape index (κ3) is 5.17. The SMILES string of the molecule is Cc1ccc(CNC(=O)CCS(=O)(=O)c2ccc3c(c2)NC(=O)CC(C)S3)o1. The molecule has 7 nitrogen and oxygen atoms in total. The number of rotatable bonds is 6. The highest BCUT2D eigenvalue weighted by Crippen LogP contribution is 2.36. The van der Waals surface area contributed by atoms with Crippen LogP contribution in [0.15, 0.2) is 44.5 Å². The summed E-state index contributed by atoms with van der Waals surface area (Å²) in [5.74, 6) is 0.536. The quantitative estimate of drug-likeness (QED) is 0.742. The molecule has 0 spiro atoms. The molecule has 1 atom stereocenters. The van der Waals surface area contributed by atoms with Crippen LogP contribution in [0.1, 0.15) is 31.3 Å². The first-order valence-corrected chi connectivity index (χ1v) is 11.4. The lowest BCUT2D eigenvalue weighted by molar-refractivity contribution is -0.121. The van der Waals surface area contributed by atoms with Gasteiger partial charge in [0.2, 0.25) is 11.8 Å². The van der Waals surface area contributed by atoms with E-state index in [-0.39, 0.29) is 40.7 Å². The molecular formula is C19H22N2O5S2. The number of anilines is 1. The van der Waals surface area contributed by atoms with Gasteiger partial charge < -0.3 is 15.1 Å². The second-order valence-corrected chi connectivity index (χ2v) is 10.3. The molecule has 2 aromatic rings. The number of fused-ring (bicyclic) bond motifs is 1. The van der Waals surface area contributed by atoms with E-state index in [1.165, 1.54) is 23.9 Å². The number of nitrogens with one attached hydrogen (secondary N) is 2. The van der Waals surface area contributed by atoms with Crippen LogP contribution in [0, 0.1) is 6.92 Å². The number of carbonyl (C=O) groups excluding carboxylic acids is 2. The van der Waals surface area contributed by atoms with Gasteiger partial charge in [-0.25, -0.2) is 8.42 Å². The van der Waals surface area contributed by atoms with Crippen LogP contribution in [0.4, 0.5) is 5.69 Å². The Balaban J connectivity index is 1.62. The summed E-state index contributed by atoms with van der Waals surface area (Å²) in [5.41, 5.74) is 0.498. The molecule has 2 heterocycles. The van der Waals surface area contributed by atoms with Crippen LogP contribution in [0.25, 0.3) is 0 Å². The van der Waals surface area contributed by atoms with Gasteiger partial charge in [0.25, 0.3) is 0 Å². The molecule has 0 radical (unpaired) electrons. The van der Waals surface area contributed by atoms with Gasteiger partial charge in [-0.1, -0.05) is 6.92 Å². The number of carbonyl (C=O) groups is 2. The molecule has 0 saturated carbocycles. The summed E-state index contributed by atoms with van der Waals surface area (Å²) >= 11 is 1.53. The molecule has 1 unspecified atom stereocenters. The van der Waals surface area contributed by atoms with Gasteiger partial charge in [-0.2, -0.15) is 0 Å². The lowest BCUT2D eigenvalue weighted by atomic mass is 10.3. The Morgan fingerprint density at radius 1 is 1.32 bits per heavy atom. The highest BCUT2D eigenvalue weighted by Gasteiger charge is 2.22. The Hall–Kier alpha value is -2.26. The van der Waals surface area contributed by atoms with Gasteiger partial charge in [0.1, 0.15) is 11.5 Å². The van der Waals surface area contributed by atoms with Gasteiger partial charge >= 0.3 is 0 Å². The largest absolute Gasteiger partial charge is 0.465 e. The summed E-state index contributed by atoms with van der Waals surface area (Å²) in [4.78, 5) is 24.8. The van der Waals surface area contributed by atoms with E-state index >= 15 is 0 Å². The second kappa shape index (κ2) is 8.40. The fourth-order valence-electron chi connectivity index (χ4n) is 2.82. The fourth-order valence-corrected chi connectivity index (χ4v) is 5.14. The van der Waals surface area contributed by atoms with E-state index in [1.54, 1.807) is 25.1 Å². The highest BCUT2D eigenvalue weighted by atomic mass is 32.2. The first-order chi connectivity index (χ1) is 13.2. The van der Waals surface area contributed by atoms with Gasteiger partial charge in [0, 0.05) is 23.0 Å². The Bertz CT molecular complexity index is 998. The minimum Gasteiger partial charge on any atom is -0.465 e. The summed E-state index contributed by atoms with van der Waals surface area (Å²) in [5, 5.41) is 5.52. The maximum Gasteiger partial charge on any atom is 0.225 e. The number of furan rings is 1. The van der Waals surface area contributed by atoms with Crippen LogP contribution in [0.5, 0.6) is 0 Å². The first-order valence-electron chi connectivity index (χ1n) is 8.88. The Kier molecular flexibility index (Phi) is 6.14. The van der Waals surface area contributed by atoms with Gasteiger partial charge in [0.15, 0.2) is 9.84 Å². The zero-order valence-electron chi connectivity index (χ0n) is 15.7. The third-order valence-corrected chi connectivity index (χ3v) is 7.13. The normalized spacial score (nSPS) is 16.8. The van der Waals surface area contributed by atoms with Crippen molar-refractivity contribution in [2.24, 2.45) is 0 Å². The molecule has 2 N–H and O–H groups in total. The van der Waals surface area contributed by atoms with E-state index in [1.807, 2.05) is 6.92 Å². The molecule has 1 aromatic carbocycles. The van der Waals surface area contributed by atoms with E-state index in [0.29, 0.717) is 17.9 Å². The van der Waals surface area contributed by atoms with Crippen molar-refractivity contribution in [3.8, 4) is 0 Å². The van der Waals surface area contributed by atoms with E-state index < -0.39 is 9.84 Å². The molecule has 9 heteroatoms. The van der Waals surface area contributed by atoms with Crippen molar-refractivity contribution in [3.63, 3.8) is 0 Å². The first kappa shape index (κ1) is 20.5. The molecule has 0 saturated heterocycles. The van der Waals surface area contributed by atoms with Crippen molar-refractivity contribution >= 4 is 39.1 Å².